The zero-order chi connectivity index (χ0) is 29.2. The molecule has 0 saturated heterocycles. The van der Waals surface area contributed by atoms with E-state index in [2.05, 4.69) is 47.3 Å². The third kappa shape index (κ3) is 9.12. The summed E-state index contributed by atoms with van der Waals surface area (Å²) >= 11 is 0. The molecule has 0 aromatic heterocycles. The van der Waals surface area contributed by atoms with Crippen molar-refractivity contribution in [1.29, 1.82) is 5.26 Å². The molecule has 0 atom stereocenters. The number of anilines is 1. The summed E-state index contributed by atoms with van der Waals surface area (Å²) in [6.45, 7) is 11.4. The van der Waals surface area contributed by atoms with Crippen LogP contribution in [0.2, 0.25) is 0 Å². The summed E-state index contributed by atoms with van der Waals surface area (Å²) in [5, 5.41) is 25.9. The first kappa shape index (κ1) is 30.2. The minimum atomic E-state index is -0.513. The van der Waals surface area contributed by atoms with Crippen LogP contribution in [0.1, 0.15) is 53.0 Å². The van der Waals surface area contributed by atoms with Gasteiger partial charge in [0, 0.05) is 12.7 Å². The molecule has 3 rings (SSSR count). The number of ether oxygens (including phenoxy) is 1. The summed E-state index contributed by atoms with van der Waals surface area (Å²) in [6, 6.07) is 24.0. The first-order valence-corrected chi connectivity index (χ1v) is 13.4. The van der Waals surface area contributed by atoms with Crippen LogP contribution in [0.15, 0.2) is 93.3 Å². The van der Waals surface area contributed by atoms with Crippen LogP contribution in [0.5, 0.6) is 0 Å². The molecule has 0 unspecified atom stereocenters. The second-order valence-corrected chi connectivity index (χ2v) is 11.2. The molecule has 3 aromatic rings. The van der Waals surface area contributed by atoms with Crippen molar-refractivity contribution < 1.29 is 9.53 Å². The van der Waals surface area contributed by atoms with E-state index < -0.39 is 5.41 Å². The van der Waals surface area contributed by atoms with Gasteiger partial charge in [-0.15, -0.1) is 0 Å². The molecule has 0 aliphatic carbocycles. The number of carbonyl (C=O) groups excluding carboxylic acids is 1. The molecule has 0 heterocycles. The van der Waals surface area contributed by atoms with Crippen molar-refractivity contribution in [2.45, 2.75) is 47.5 Å². The van der Waals surface area contributed by atoms with E-state index in [9.17, 15) is 4.79 Å². The van der Waals surface area contributed by atoms with Gasteiger partial charge in [0.15, 0.2) is 0 Å². The van der Waals surface area contributed by atoms with Gasteiger partial charge in [-0.2, -0.15) is 25.7 Å². The summed E-state index contributed by atoms with van der Waals surface area (Å²) in [4.78, 5) is 14.7. The average molecular weight is 539 g/mol. The smallest absolute Gasteiger partial charge is 0.311 e. The Morgan fingerprint density at radius 2 is 1.23 bits per heavy atom. The fraction of sp³-hybridized carbons (Fsp3) is 0.375. The lowest BCUT2D eigenvalue weighted by molar-refractivity contribution is -0.155. The summed E-state index contributed by atoms with van der Waals surface area (Å²) in [7, 11) is 1.97. The summed E-state index contributed by atoms with van der Waals surface area (Å²) in [5.74, 6) is -0.152. The van der Waals surface area contributed by atoms with Gasteiger partial charge in [0.25, 0.3) is 0 Å². The molecular formula is C32H38N6O2. The Hall–Kier alpha value is -4.38. The maximum absolute atomic E-state index is 12.7. The monoisotopic (exact) mass is 538 g/mol. The number of esters is 1. The third-order valence-electron chi connectivity index (χ3n) is 6.79. The van der Waals surface area contributed by atoms with Crippen molar-refractivity contribution in [2.75, 3.05) is 25.1 Å². The van der Waals surface area contributed by atoms with E-state index in [1.54, 1.807) is 24.3 Å². The Bertz CT molecular complexity index is 1350. The minimum Gasteiger partial charge on any atom is -0.463 e. The Labute approximate surface area is 237 Å². The molecule has 0 bridgehead atoms. The Morgan fingerprint density at radius 3 is 1.65 bits per heavy atom. The highest BCUT2D eigenvalue weighted by Crippen LogP contribution is 2.36. The van der Waals surface area contributed by atoms with E-state index in [0.29, 0.717) is 35.8 Å². The normalized spacial score (nSPS) is 12.0. The quantitative estimate of drug-likeness (QED) is 0.169. The highest BCUT2D eigenvalue weighted by atomic mass is 16.5. The molecule has 3 aromatic carbocycles. The Morgan fingerprint density at radius 1 is 0.800 bits per heavy atom. The molecule has 0 saturated carbocycles. The number of hydrogen-bond acceptors (Lipinski definition) is 8. The van der Waals surface area contributed by atoms with Gasteiger partial charge in [0.05, 0.1) is 46.3 Å². The molecule has 0 amide bonds. The molecule has 0 radical (unpaired) electrons. The van der Waals surface area contributed by atoms with Crippen LogP contribution < -0.4 is 4.90 Å². The molecule has 0 fully saturated rings. The molecule has 8 nitrogen and oxygen atoms in total. The third-order valence-corrected chi connectivity index (χ3v) is 6.79. The van der Waals surface area contributed by atoms with E-state index in [1.807, 2.05) is 74.3 Å². The van der Waals surface area contributed by atoms with Crippen molar-refractivity contribution in [3.63, 3.8) is 0 Å². The molecular weight excluding hydrogens is 500 g/mol. The van der Waals surface area contributed by atoms with E-state index in [1.165, 1.54) is 0 Å². The van der Waals surface area contributed by atoms with Crippen molar-refractivity contribution >= 4 is 34.4 Å². The highest BCUT2D eigenvalue weighted by Gasteiger charge is 2.35. The van der Waals surface area contributed by atoms with Crippen LogP contribution in [-0.4, -0.2) is 26.2 Å². The lowest BCUT2D eigenvalue weighted by Gasteiger charge is -2.32. The van der Waals surface area contributed by atoms with Gasteiger partial charge < -0.3 is 9.64 Å². The van der Waals surface area contributed by atoms with Crippen LogP contribution in [0.4, 0.5) is 28.4 Å². The minimum absolute atomic E-state index is 0.0991. The standard InChI is InChI=1S/C32H38N6O2/c1-7-31(2,3)23-32(4,5)30(39)40-21-20-38(6)29-18-16-28(17-19-29)37-36-27-14-12-26(13-15-27)35-34-25-10-8-24(22-33)9-11-25/h8-19H,7,20-21,23H2,1-6H3/b35-34+,37-36+. The number of carbonyl (C=O) groups is 1. The first-order chi connectivity index (χ1) is 19.0. The van der Waals surface area contributed by atoms with Crippen molar-refractivity contribution in [2.24, 2.45) is 31.3 Å². The predicted molar refractivity (Wildman–Crippen MR) is 159 cm³/mol. The summed E-state index contributed by atoms with van der Waals surface area (Å²) in [6.07, 6.45) is 1.81. The lowest BCUT2D eigenvalue weighted by atomic mass is 9.74. The number of nitrogens with zero attached hydrogens (tertiary/aromatic N) is 6. The molecule has 0 aliphatic heterocycles. The maximum Gasteiger partial charge on any atom is 0.311 e. The van der Waals surface area contributed by atoms with Gasteiger partial charge in [-0.05, 0) is 98.5 Å². The molecule has 0 N–H and O–H groups in total. The van der Waals surface area contributed by atoms with Crippen molar-refractivity contribution in [3.05, 3.63) is 78.4 Å². The second-order valence-electron chi connectivity index (χ2n) is 11.2. The largest absolute Gasteiger partial charge is 0.463 e. The van der Waals surface area contributed by atoms with Crippen LogP contribution in [0.25, 0.3) is 0 Å². The van der Waals surface area contributed by atoms with E-state index >= 15 is 0 Å². The summed E-state index contributed by atoms with van der Waals surface area (Å²) < 4.78 is 5.62. The lowest BCUT2D eigenvalue weighted by Crippen LogP contribution is -2.34. The number of rotatable bonds is 12. The van der Waals surface area contributed by atoms with Gasteiger partial charge in [0.1, 0.15) is 6.61 Å². The highest BCUT2D eigenvalue weighted by molar-refractivity contribution is 5.76. The van der Waals surface area contributed by atoms with Crippen LogP contribution in [-0.2, 0) is 9.53 Å². The zero-order valence-electron chi connectivity index (χ0n) is 24.3. The van der Waals surface area contributed by atoms with Crippen LogP contribution in [0.3, 0.4) is 0 Å². The number of hydrogen-bond donors (Lipinski definition) is 0. The summed E-state index contributed by atoms with van der Waals surface area (Å²) in [5.41, 5.74) is 3.96. The van der Waals surface area contributed by atoms with Crippen LogP contribution >= 0.6 is 0 Å². The first-order valence-electron chi connectivity index (χ1n) is 13.4. The fourth-order valence-electron chi connectivity index (χ4n) is 4.19. The maximum atomic E-state index is 12.7. The Kier molecular flexibility index (Phi) is 10.3. The topological polar surface area (TPSA) is 103 Å². The molecule has 208 valence electrons. The molecule has 0 spiro atoms. The van der Waals surface area contributed by atoms with Crippen molar-refractivity contribution in [3.8, 4) is 6.07 Å². The van der Waals surface area contributed by atoms with Gasteiger partial charge >= 0.3 is 5.97 Å². The van der Waals surface area contributed by atoms with E-state index in [-0.39, 0.29) is 11.4 Å². The average Bonchev–Trinajstić information content (AvgIpc) is 2.95. The van der Waals surface area contributed by atoms with Gasteiger partial charge in [0.2, 0.25) is 0 Å². The second kappa shape index (κ2) is 13.6. The Balaban J connectivity index is 1.48. The zero-order valence-corrected chi connectivity index (χ0v) is 24.3. The molecule has 0 aliphatic rings. The molecule has 40 heavy (non-hydrogen) atoms. The van der Waals surface area contributed by atoms with Gasteiger partial charge in [-0.25, -0.2) is 0 Å². The predicted octanol–water partition coefficient (Wildman–Crippen LogP) is 9.22. The van der Waals surface area contributed by atoms with Gasteiger partial charge in [-0.1, -0.05) is 27.2 Å². The SMILES string of the molecule is CCC(C)(C)CC(C)(C)C(=O)OCCN(C)c1ccc(/N=N/c2ccc(/N=N/c3ccc(C#N)cc3)cc2)cc1. The van der Waals surface area contributed by atoms with E-state index in [4.69, 9.17) is 10.00 Å². The van der Waals surface area contributed by atoms with Gasteiger partial charge in [-0.3, -0.25) is 4.79 Å². The fourth-order valence-corrected chi connectivity index (χ4v) is 4.19. The number of likely N-dealkylation sites (N-methyl/N-ethyl adjacent to an activating group) is 1. The number of benzene rings is 3. The van der Waals surface area contributed by atoms with E-state index in [0.717, 1.165) is 24.2 Å². The van der Waals surface area contributed by atoms with Crippen molar-refractivity contribution in [1.82, 2.24) is 0 Å². The molecule has 8 heteroatoms. The number of nitriles is 1. The number of azo groups is 2. The van der Waals surface area contributed by atoms with Crippen LogP contribution in [0, 0.1) is 22.2 Å².